The Kier molecular flexibility index (Phi) is 4.64. The summed E-state index contributed by atoms with van der Waals surface area (Å²) in [6.45, 7) is 1.97. The van der Waals surface area contributed by atoms with E-state index in [1.165, 1.54) is 6.26 Å². The monoisotopic (exact) mass is 393 g/mol. The maximum Gasteiger partial charge on any atom is 0.175 e. The van der Waals surface area contributed by atoms with Crippen LogP contribution in [0.25, 0.3) is 22.5 Å². The van der Waals surface area contributed by atoms with Crippen LogP contribution in [0.5, 0.6) is 0 Å². The van der Waals surface area contributed by atoms with Gasteiger partial charge in [-0.05, 0) is 43.7 Å². The lowest BCUT2D eigenvalue weighted by molar-refractivity contribution is 0.602. The molecule has 3 aromatic rings. The maximum atomic E-state index is 11.7. The summed E-state index contributed by atoms with van der Waals surface area (Å²) < 4.78 is 23.3. The van der Waals surface area contributed by atoms with Crippen LogP contribution >= 0.6 is 0 Å². The van der Waals surface area contributed by atoms with Crippen molar-refractivity contribution in [2.75, 3.05) is 6.26 Å². The second kappa shape index (κ2) is 7.12. The van der Waals surface area contributed by atoms with Crippen molar-refractivity contribution in [1.29, 1.82) is 0 Å². The second-order valence-electron chi connectivity index (χ2n) is 6.71. The van der Waals surface area contributed by atoms with Crippen LogP contribution < -0.4 is 0 Å². The van der Waals surface area contributed by atoms with Crippen molar-refractivity contribution in [1.82, 2.24) is 20.4 Å². The Morgan fingerprint density at radius 3 is 2.57 bits per heavy atom. The smallest absolute Gasteiger partial charge is 0.175 e. The number of aliphatic imine (C=N–C) groups is 1. The fourth-order valence-electron chi connectivity index (χ4n) is 3.17. The van der Waals surface area contributed by atoms with Gasteiger partial charge in [-0.15, -0.1) is 0 Å². The van der Waals surface area contributed by atoms with E-state index in [2.05, 4.69) is 31.5 Å². The highest BCUT2D eigenvalue weighted by atomic mass is 32.2. The van der Waals surface area contributed by atoms with Gasteiger partial charge in [0.05, 0.1) is 16.6 Å². The standard InChI is InChI=1S/C20H19N5O2S/c1-13-4-3-5-17(22-13)20-19(23-25-24-20)15-10-11-21-18(12-15)14-6-8-16(9-7-14)28(2,26)27/h3-4,6-12,17H,5H2,1-2H3,(H,23,24,25). The van der Waals surface area contributed by atoms with Crippen molar-refractivity contribution in [3.05, 3.63) is 60.4 Å². The Morgan fingerprint density at radius 2 is 1.86 bits per heavy atom. The molecule has 4 rings (SSSR count). The molecule has 1 aliphatic rings. The van der Waals surface area contributed by atoms with Crippen molar-refractivity contribution in [2.24, 2.45) is 4.99 Å². The molecule has 0 fully saturated rings. The van der Waals surface area contributed by atoms with Crippen LogP contribution in [0.3, 0.4) is 0 Å². The van der Waals surface area contributed by atoms with E-state index in [9.17, 15) is 8.42 Å². The summed E-state index contributed by atoms with van der Waals surface area (Å²) >= 11 is 0. The molecule has 1 atom stereocenters. The van der Waals surface area contributed by atoms with Crippen LogP contribution in [-0.4, -0.2) is 40.8 Å². The highest BCUT2D eigenvalue weighted by Gasteiger charge is 2.21. The fourth-order valence-corrected chi connectivity index (χ4v) is 3.80. The second-order valence-corrected chi connectivity index (χ2v) is 8.72. The number of aromatic amines is 1. The van der Waals surface area contributed by atoms with E-state index in [1.807, 2.05) is 25.1 Å². The SMILES string of the molecule is CC1=NC(c2n[nH]nc2-c2ccnc(-c3ccc(S(C)(=O)=O)cc3)c2)CC=C1. The Labute approximate surface area is 163 Å². The number of nitrogens with zero attached hydrogens (tertiary/aromatic N) is 4. The van der Waals surface area contributed by atoms with Gasteiger partial charge in [0.25, 0.3) is 0 Å². The first kappa shape index (κ1) is 18.2. The molecule has 1 unspecified atom stereocenters. The molecule has 0 amide bonds. The molecule has 0 bridgehead atoms. The van der Waals surface area contributed by atoms with Crippen LogP contribution in [0, 0.1) is 0 Å². The van der Waals surface area contributed by atoms with E-state index in [1.54, 1.807) is 30.5 Å². The number of sulfone groups is 1. The number of dihydropyridines is 1. The topological polar surface area (TPSA) is 101 Å². The number of allylic oxidation sites excluding steroid dienone is 1. The minimum absolute atomic E-state index is 0.0654. The first-order valence-electron chi connectivity index (χ1n) is 8.80. The van der Waals surface area contributed by atoms with Crippen LogP contribution in [0.4, 0.5) is 0 Å². The summed E-state index contributed by atoms with van der Waals surface area (Å²) in [7, 11) is -3.23. The molecule has 8 heteroatoms. The van der Waals surface area contributed by atoms with Crippen LogP contribution in [0.1, 0.15) is 25.1 Å². The summed E-state index contributed by atoms with van der Waals surface area (Å²) in [6.07, 6.45) is 7.77. The lowest BCUT2D eigenvalue weighted by atomic mass is 10.0. The van der Waals surface area contributed by atoms with Gasteiger partial charge in [-0.2, -0.15) is 15.4 Å². The Hall–Kier alpha value is -3.13. The van der Waals surface area contributed by atoms with E-state index < -0.39 is 9.84 Å². The van der Waals surface area contributed by atoms with Gasteiger partial charge in [0, 0.05) is 29.3 Å². The zero-order chi connectivity index (χ0) is 19.7. The molecule has 28 heavy (non-hydrogen) atoms. The number of rotatable bonds is 4. The molecule has 1 N–H and O–H groups in total. The third-order valence-corrected chi connectivity index (χ3v) is 5.71. The third-order valence-electron chi connectivity index (χ3n) is 4.58. The molecule has 142 valence electrons. The summed E-state index contributed by atoms with van der Waals surface area (Å²) in [6, 6.07) is 10.4. The molecular formula is C20H19N5O2S. The van der Waals surface area contributed by atoms with Crippen molar-refractivity contribution < 1.29 is 8.42 Å². The Balaban J connectivity index is 1.69. The van der Waals surface area contributed by atoms with Gasteiger partial charge in [-0.25, -0.2) is 8.42 Å². The third kappa shape index (κ3) is 3.63. The van der Waals surface area contributed by atoms with E-state index >= 15 is 0 Å². The summed E-state index contributed by atoms with van der Waals surface area (Å²) in [4.78, 5) is 9.36. The lowest BCUT2D eigenvalue weighted by Crippen LogP contribution is -2.04. The average Bonchev–Trinajstić information content (AvgIpc) is 3.17. The van der Waals surface area contributed by atoms with Crippen molar-refractivity contribution in [3.63, 3.8) is 0 Å². The largest absolute Gasteiger partial charge is 0.280 e. The highest BCUT2D eigenvalue weighted by Crippen LogP contribution is 2.32. The Bertz CT molecular complexity index is 1180. The Morgan fingerprint density at radius 1 is 1.07 bits per heavy atom. The number of nitrogens with one attached hydrogen (secondary N) is 1. The van der Waals surface area contributed by atoms with Gasteiger partial charge in [-0.3, -0.25) is 9.98 Å². The van der Waals surface area contributed by atoms with E-state index in [0.717, 1.165) is 40.3 Å². The van der Waals surface area contributed by atoms with Gasteiger partial charge in [0.1, 0.15) is 11.4 Å². The molecule has 0 aliphatic carbocycles. The molecule has 3 heterocycles. The molecule has 0 saturated heterocycles. The van der Waals surface area contributed by atoms with Crippen molar-refractivity contribution in [3.8, 4) is 22.5 Å². The molecular weight excluding hydrogens is 374 g/mol. The van der Waals surface area contributed by atoms with Crippen molar-refractivity contribution in [2.45, 2.75) is 24.3 Å². The maximum absolute atomic E-state index is 11.7. The van der Waals surface area contributed by atoms with E-state index in [4.69, 9.17) is 0 Å². The van der Waals surface area contributed by atoms with Gasteiger partial charge >= 0.3 is 0 Å². The first-order valence-corrected chi connectivity index (χ1v) is 10.7. The number of H-pyrrole nitrogens is 1. The summed E-state index contributed by atoms with van der Waals surface area (Å²) in [5.41, 5.74) is 4.94. The number of pyridine rings is 1. The molecule has 1 aromatic carbocycles. The van der Waals surface area contributed by atoms with Gasteiger partial charge < -0.3 is 0 Å². The molecule has 2 aromatic heterocycles. The molecule has 0 saturated carbocycles. The van der Waals surface area contributed by atoms with Gasteiger partial charge in [0.15, 0.2) is 9.84 Å². The minimum Gasteiger partial charge on any atom is -0.280 e. The van der Waals surface area contributed by atoms with Crippen LogP contribution in [-0.2, 0) is 9.84 Å². The average molecular weight is 393 g/mol. The highest BCUT2D eigenvalue weighted by molar-refractivity contribution is 7.90. The number of hydrogen-bond donors (Lipinski definition) is 1. The quantitative estimate of drug-likeness (QED) is 0.732. The van der Waals surface area contributed by atoms with Crippen LogP contribution in [0.2, 0.25) is 0 Å². The number of benzene rings is 1. The van der Waals surface area contributed by atoms with Crippen LogP contribution in [0.15, 0.2) is 64.6 Å². The lowest BCUT2D eigenvalue weighted by Gasteiger charge is -2.13. The van der Waals surface area contributed by atoms with Gasteiger partial charge in [-0.1, -0.05) is 18.2 Å². The molecule has 1 aliphatic heterocycles. The minimum atomic E-state index is -3.23. The van der Waals surface area contributed by atoms with E-state index in [0.29, 0.717) is 0 Å². The molecule has 7 nitrogen and oxygen atoms in total. The predicted octanol–water partition coefficient (Wildman–Crippen LogP) is 3.40. The number of hydrogen-bond acceptors (Lipinski definition) is 6. The summed E-state index contributed by atoms with van der Waals surface area (Å²) in [5, 5.41) is 11.4. The first-order chi connectivity index (χ1) is 13.4. The zero-order valence-electron chi connectivity index (χ0n) is 15.5. The van der Waals surface area contributed by atoms with Gasteiger partial charge in [0.2, 0.25) is 0 Å². The fraction of sp³-hybridized carbons (Fsp3) is 0.200. The normalized spacial score (nSPS) is 16.8. The van der Waals surface area contributed by atoms with E-state index in [-0.39, 0.29) is 10.9 Å². The number of aromatic nitrogens is 4. The predicted molar refractivity (Wildman–Crippen MR) is 108 cm³/mol. The zero-order valence-corrected chi connectivity index (χ0v) is 16.3. The molecule has 0 radical (unpaired) electrons. The van der Waals surface area contributed by atoms with Crippen molar-refractivity contribution >= 4 is 15.5 Å². The summed E-state index contributed by atoms with van der Waals surface area (Å²) in [5.74, 6) is 0. The molecule has 0 spiro atoms.